The minimum absolute atomic E-state index is 0.0546. The summed E-state index contributed by atoms with van der Waals surface area (Å²) in [6, 6.07) is 0.397. The highest BCUT2D eigenvalue weighted by molar-refractivity contribution is 7.98. The van der Waals surface area contributed by atoms with E-state index in [1.54, 1.807) is 0 Å². The average molecular weight is 214 g/mol. The van der Waals surface area contributed by atoms with Crippen molar-refractivity contribution in [2.24, 2.45) is 16.6 Å². The van der Waals surface area contributed by atoms with E-state index in [-0.39, 0.29) is 5.54 Å². The van der Waals surface area contributed by atoms with Crippen LogP contribution in [0.5, 0.6) is 0 Å². The van der Waals surface area contributed by atoms with Gasteiger partial charge in [-0.2, -0.15) is 11.8 Å². The lowest BCUT2D eigenvalue weighted by atomic mass is 9.78. The molecule has 0 unspecified atom stereocenters. The first-order valence-corrected chi connectivity index (χ1v) is 6.60. The van der Waals surface area contributed by atoms with E-state index in [4.69, 9.17) is 10.5 Å². The number of amidine groups is 1. The van der Waals surface area contributed by atoms with Gasteiger partial charge in [0.25, 0.3) is 6.02 Å². The van der Waals surface area contributed by atoms with Crippen LogP contribution >= 0.6 is 11.8 Å². The fraction of sp³-hybridized carbons (Fsp3) is 0.900. The summed E-state index contributed by atoms with van der Waals surface area (Å²) in [5, 5.41) is 0. The van der Waals surface area contributed by atoms with Crippen LogP contribution in [0.15, 0.2) is 4.99 Å². The smallest absolute Gasteiger partial charge is 0.282 e. The second-order valence-corrected chi connectivity index (χ2v) is 5.27. The Kier molecular flexibility index (Phi) is 2.91. The third-order valence-electron chi connectivity index (χ3n) is 3.27. The minimum atomic E-state index is 0.0546. The molecule has 0 atom stereocenters. The average Bonchev–Trinajstić information content (AvgIpc) is 2.53. The van der Waals surface area contributed by atoms with E-state index in [2.05, 4.69) is 11.2 Å². The zero-order valence-electron chi connectivity index (χ0n) is 8.66. The summed E-state index contributed by atoms with van der Waals surface area (Å²) in [4.78, 5) is 4.44. The molecule has 0 aromatic carbocycles. The molecule has 0 saturated heterocycles. The van der Waals surface area contributed by atoms with Crippen LogP contribution in [0.1, 0.15) is 25.7 Å². The van der Waals surface area contributed by atoms with E-state index < -0.39 is 0 Å². The number of aliphatic imine (C=N–C) groups is 1. The summed E-state index contributed by atoms with van der Waals surface area (Å²) in [5.41, 5.74) is 5.61. The first-order valence-electron chi connectivity index (χ1n) is 5.21. The number of hydrogen-bond donors (Lipinski definition) is 1. The van der Waals surface area contributed by atoms with Gasteiger partial charge in [0.05, 0.1) is 0 Å². The van der Waals surface area contributed by atoms with Gasteiger partial charge in [0.15, 0.2) is 0 Å². The molecule has 1 saturated carbocycles. The van der Waals surface area contributed by atoms with Crippen molar-refractivity contribution in [2.45, 2.75) is 31.2 Å². The molecule has 80 valence electrons. The Labute approximate surface area is 89.5 Å². The second-order valence-electron chi connectivity index (χ2n) is 4.36. The quantitative estimate of drug-likeness (QED) is 0.760. The van der Waals surface area contributed by atoms with Crippen LogP contribution in [0.4, 0.5) is 0 Å². The van der Waals surface area contributed by atoms with Gasteiger partial charge in [-0.05, 0) is 43.6 Å². The van der Waals surface area contributed by atoms with E-state index in [1.165, 1.54) is 18.6 Å². The van der Waals surface area contributed by atoms with Crippen molar-refractivity contribution in [2.75, 3.05) is 18.6 Å². The van der Waals surface area contributed by atoms with E-state index in [1.807, 2.05) is 11.8 Å². The number of thioether (sulfide) groups is 1. The molecule has 0 amide bonds. The predicted molar refractivity (Wildman–Crippen MR) is 60.6 cm³/mol. The van der Waals surface area contributed by atoms with Crippen molar-refractivity contribution < 1.29 is 4.74 Å². The third-order valence-corrected chi connectivity index (χ3v) is 4.08. The van der Waals surface area contributed by atoms with E-state index >= 15 is 0 Å². The Hall–Kier alpha value is -0.380. The van der Waals surface area contributed by atoms with Crippen molar-refractivity contribution in [1.82, 2.24) is 0 Å². The Morgan fingerprint density at radius 3 is 2.79 bits per heavy atom. The Morgan fingerprint density at radius 1 is 1.57 bits per heavy atom. The number of nitrogens with two attached hydrogens (primary N) is 1. The fourth-order valence-corrected chi connectivity index (χ4v) is 3.18. The second kappa shape index (κ2) is 4.01. The molecule has 2 aliphatic rings. The molecule has 1 spiro atoms. The molecule has 0 aromatic rings. The summed E-state index contributed by atoms with van der Waals surface area (Å²) in [5.74, 6) is 2.17. The molecule has 3 nitrogen and oxygen atoms in total. The highest BCUT2D eigenvalue weighted by Gasteiger charge is 2.39. The van der Waals surface area contributed by atoms with Crippen molar-refractivity contribution in [3.8, 4) is 0 Å². The van der Waals surface area contributed by atoms with Crippen LogP contribution in [0, 0.1) is 5.92 Å². The summed E-state index contributed by atoms with van der Waals surface area (Å²) >= 11 is 1.95. The van der Waals surface area contributed by atoms with Gasteiger partial charge in [0.1, 0.15) is 12.1 Å². The Morgan fingerprint density at radius 2 is 2.29 bits per heavy atom. The highest BCUT2D eigenvalue weighted by atomic mass is 32.2. The van der Waals surface area contributed by atoms with Crippen molar-refractivity contribution in [1.29, 1.82) is 0 Å². The van der Waals surface area contributed by atoms with Gasteiger partial charge >= 0.3 is 0 Å². The summed E-state index contributed by atoms with van der Waals surface area (Å²) < 4.78 is 5.26. The van der Waals surface area contributed by atoms with Gasteiger partial charge in [0.2, 0.25) is 0 Å². The van der Waals surface area contributed by atoms with Crippen molar-refractivity contribution >= 4 is 17.8 Å². The zero-order chi connectivity index (χ0) is 10.0. The van der Waals surface area contributed by atoms with Crippen molar-refractivity contribution in [3.63, 3.8) is 0 Å². The lowest BCUT2D eigenvalue weighted by Crippen LogP contribution is -2.34. The number of nitrogens with zero attached hydrogens (tertiary/aromatic N) is 1. The van der Waals surface area contributed by atoms with E-state index in [0.29, 0.717) is 12.6 Å². The number of ether oxygens (including phenoxy) is 1. The molecule has 4 heteroatoms. The molecule has 1 aliphatic heterocycles. The van der Waals surface area contributed by atoms with Crippen LogP contribution in [0.25, 0.3) is 0 Å². The lowest BCUT2D eigenvalue weighted by Gasteiger charge is -2.32. The molecular weight excluding hydrogens is 196 g/mol. The summed E-state index contributed by atoms with van der Waals surface area (Å²) in [7, 11) is 0. The van der Waals surface area contributed by atoms with Crippen LogP contribution in [0.2, 0.25) is 0 Å². The summed E-state index contributed by atoms with van der Waals surface area (Å²) in [6.45, 7) is 0.713. The van der Waals surface area contributed by atoms with Crippen molar-refractivity contribution in [3.05, 3.63) is 0 Å². The Bertz CT molecular complexity index is 234. The van der Waals surface area contributed by atoms with Crippen LogP contribution in [0.3, 0.4) is 0 Å². The molecule has 1 aliphatic carbocycles. The van der Waals surface area contributed by atoms with Gasteiger partial charge in [-0.25, -0.2) is 4.99 Å². The maximum Gasteiger partial charge on any atom is 0.282 e. The lowest BCUT2D eigenvalue weighted by molar-refractivity contribution is 0.184. The van der Waals surface area contributed by atoms with Crippen LogP contribution in [-0.2, 0) is 4.74 Å². The normalized spacial score (nSPS) is 36.9. The number of rotatable bonds is 2. The molecule has 1 heterocycles. The fourth-order valence-electron chi connectivity index (χ4n) is 2.38. The molecule has 14 heavy (non-hydrogen) atoms. The molecule has 1 fully saturated rings. The maximum absolute atomic E-state index is 5.56. The monoisotopic (exact) mass is 214 g/mol. The van der Waals surface area contributed by atoms with E-state index in [9.17, 15) is 0 Å². The first kappa shape index (κ1) is 10.1. The molecule has 0 bridgehead atoms. The van der Waals surface area contributed by atoms with Gasteiger partial charge < -0.3 is 10.5 Å². The third kappa shape index (κ3) is 2.00. The van der Waals surface area contributed by atoms with Crippen LogP contribution in [-0.4, -0.2) is 30.2 Å². The molecule has 0 aromatic heterocycles. The highest BCUT2D eigenvalue weighted by Crippen LogP contribution is 2.38. The SMILES string of the molecule is CSCC1CCC2(CC1)COC(N)=N2. The molecular formula is C10H18N2OS. The maximum atomic E-state index is 5.56. The van der Waals surface area contributed by atoms with Gasteiger partial charge in [-0.15, -0.1) is 0 Å². The van der Waals surface area contributed by atoms with Gasteiger partial charge in [-0.3, -0.25) is 0 Å². The van der Waals surface area contributed by atoms with E-state index in [0.717, 1.165) is 18.8 Å². The summed E-state index contributed by atoms with van der Waals surface area (Å²) in [6.07, 6.45) is 7.04. The van der Waals surface area contributed by atoms with Crippen LogP contribution < -0.4 is 5.73 Å². The predicted octanol–water partition coefficient (Wildman–Crippen LogP) is 1.62. The van der Waals surface area contributed by atoms with Gasteiger partial charge in [0, 0.05) is 0 Å². The largest absolute Gasteiger partial charge is 0.463 e. The number of hydrogen-bond acceptors (Lipinski definition) is 4. The minimum Gasteiger partial charge on any atom is -0.463 e. The van der Waals surface area contributed by atoms with Gasteiger partial charge in [-0.1, -0.05) is 0 Å². The Balaban J connectivity index is 1.89. The standard InChI is InChI=1S/C10H18N2OS/c1-14-6-8-2-4-10(5-3-8)7-13-9(11)12-10/h8H,2-7H2,1H3,(H2,11,12). The molecule has 2 rings (SSSR count). The topological polar surface area (TPSA) is 47.6 Å². The molecule has 0 radical (unpaired) electrons. The molecule has 2 N–H and O–H groups in total. The zero-order valence-corrected chi connectivity index (χ0v) is 9.48. The first-order chi connectivity index (χ1) is 6.74.